The molecule has 3 aliphatic rings. The fourth-order valence-corrected chi connectivity index (χ4v) is 5.56. The molecular weight excluding hydrogens is 306 g/mol. The van der Waals surface area contributed by atoms with Crippen molar-refractivity contribution >= 4 is 17.3 Å². The third kappa shape index (κ3) is 4.37. The molecule has 3 rings (SSSR count). The Morgan fingerprint density at radius 3 is 2.74 bits per heavy atom. The van der Waals surface area contributed by atoms with Gasteiger partial charge in [0.15, 0.2) is 5.11 Å². The number of thiocarbonyl (C=S) groups is 1. The van der Waals surface area contributed by atoms with Crippen molar-refractivity contribution in [2.45, 2.75) is 52.5 Å². The minimum absolute atomic E-state index is 0.454. The van der Waals surface area contributed by atoms with Crippen LogP contribution < -0.4 is 10.2 Å². The van der Waals surface area contributed by atoms with E-state index >= 15 is 0 Å². The Morgan fingerprint density at radius 1 is 1.26 bits per heavy atom. The molecule has 0 spiro atoms. The van der Waals surface area contributed by atoms with Gasteiger partial charge in [0.1, 0.15) is 13.1 Å². The molecule has 0 amide bonds. The molecule has 2 atom stereocenters. The number of ether oxygens (including phenoxy) is 1. The van der Waals surface area contributed by atoms with Crippen molar-refractivity contribution in [3.63, 3.8) is 0 Å². The average Bonchev–Trinajstić information content (AvgIpc) is 2.73. The second-order valence-electron chi connectivity index (χ2n) is 9.04. The Kier molecular flexibility index (Phi) is 5.19. The molecule has 0 unspecified atom stereocenters. The van der Waals surface area contributed by atoms with Crippen molar-refractivity contribution in [3.8, 4) is 0 Å². The van der Waals surface area contributed by atoms with Crippen LogP contribution in [0.5, 0.6) is 0 Å². The Balaban J connectivity index is 1.42. The first-order valence-corrected chi connectivity index (χ1v) is 9.74. The van der Waals surface area contributed by atoms with Crippen LogP contribution in [0, 0.1) is 10.8 Å². The van der Waals surface area contributed by atoms with Crippen molar-refractivity contribution < 1.29 is 9.64 Å². The zero-order valence-electron chi connectivity index (χ0n) is 15.1. The van der Waals surface area contributed by atoms with E-state index in [2.05, 4.69) is 31.0 Å². The first kappa shape index (κ1) is 17.4. The van der Waals surface area contributed by atoms with Gasteiger partial charge in [-0.3, -0.25) is 0 Å². The van der Waals surface area contributed by atoms with Gasteiger partial charge in [-0.15, -0.1) is 0 Å². The van der Waals surface area contributed by atoms with Gasteiger partial charge in [0.05, 0.1) is 19.8 Å². The molecule has 2 bridgehead atoms. The molecule has 2 heterocycles. The van der Waals surface area contributed by atoms with Gasteiger partial charge in [0, 0.05) is 25.6 Å². The zero-order valence-corrected chi connectivity index (χ0v) is 15.9. The van der Waals surface area contributed by atoms with Crippen LogP contribution in [0.1, 0.15) is 46.5 Å². The summed E-state index contributed by atoms with van der Waals surface area (Å²) in [6.45, 7) is 14.8. The van der Waals surface area contributed by atoms with Gasteiger partial charge >= 0.3 is 0 Å². The molecule has 23 heavy (non-hydrogen) atoms. The maximum absolute atomic E-state index is 5.72. The lowest BCUT2D eigenvalue weighted by molar-refractivity contribution is -0.908. The van der Waals surface area contributed by atoms with Gasteiger partial charge < -0.3 is 19.9 Å². The van der Waals surface area contributed by atoms with Crippen LogP contribution >= 0.6 is 12.2 Å². The topological polar surface area (TPSA) is 28.9 Å². The molecule has 0 aromatic carbocycles. The van der Waals surface area contributed by atoms with E-state index < -0.39 is 0 Å². The Labute approximate surface area is 146 Å². The largest absolute Gasteiger partial charge is 0.370 e. The predicted molar refractivity (Wildman–Crippen MR) is 97.8 cm³/mol. The monoisotopic (exact) mass is 340 g/mol. The summed E-state index contributed by atoms with van der Waals surface area (Å²) in [6, 6.07) is 0.647. The lowest BCUT2D eigenvalue weighted by atomic mass is 9.65. The Bertz CT molecular complexity index is 436. The summed E-state index contributed by atoms with van der Waals surface area (Å²) in [5.41, 5.74) is 0.915. The highest BCUT2D eigenvalue weighted by atomic mass is 32.1. The summed E-state index contributed by atoms with van der Waals surface area (Å²) in [6.07, 6.45) is 5.12. The van der Waals surface area contributed by atoms with Gasteiger partial charge in [0.2, 0.25) is 0 Å². The van der Waals surface area contributed by atoms with Crippen LogP contribution in [0.4, 0.5) is 0 Å². The van der Waals surface area contributed by atoms with Gasteiger partial charge in [0.25, 0.3) is 0 Å². The van der Waals surface area contributed by atoms with Crippen molar-refractivity contribution in [1.29, 1.82) is 0 Å². The quantitative estimate of drug-likeness (QED) is 0.592. The molecule has 4 nitrogen and oxygen atoms in total. The number of morpholine rings is 1. The number of nitrogens with zero attached hydrogens (tertiary/aromatic N) is 1. The number of likely N-dealkylation sites (tertiary alicyclic amines) is 1. The van der Waals surface area contributed by atoms with Gasteiger partial charge in [-0.2, -0.15) is 0 Å². The van der Waals surface area contributed by atoms with Crippen molar-refractivity contribution in [2.24, 2.45) is 10.8 Å². The number of rotatable bonds is 4. The lowest BCUT2D eigenvalue weighted by Gasteiger charge is -2.39. The molecule has 132 valence electrons. The number of quaternary nitrogens is 1. The molecule has 1 aliphatic carbocycles. The fraction of sp³-hybridized carbons (Fsp3) is 0.944. The predicted octanol–water partition coefficient (Wildman–Crippen LogP) is 1.07. The molecule has 0 radical (unpaired) electrons. The highest BCUT2D eigenvalue weighted by Crippen LogP contribution is 2.52. The minimum Gasteiger partial charge on any atom is -0.370 e. The van der Waals surface area contributed by atoms with E-state index in [1.54, 1.807) is 4.90 Å². The van der Waals surface area contributed by atoms with Gasteiger partial charge in [-0.25, -0.2) is 0 Å². The third-order valence-electron chi connectivity index (χ3n) is 5.86. The second-order valence-corrected chi connectivity index (χ2v) is 9.43. The summed E-state index contributed by atoms with van der Waals surface area (Å²) < 4.78 is 5.41. The van der Waals surface area contributed by atoms with Crippen molar-refractivity contribution in [1.82, 2.24) is 10.2 Å². The lowest BCUT2D eigenvalue weighted by Crippen LogP contribution is -3.14. The maximum Gasteiger partial charge on any atom is 0.169 e. The first-order chi connectivity index (χ1) is 10.9. The molecule has 2 N–H and O–H groups in total. The molecule has 3 fully saturated rings. The molecule has 1 saturated carbocycles. The normalized spacial score (nSPS) is 33.7. The molecule has 2 aliphatic heterocycles. The van der Waals surface area contributed by atoms with Crippen LogP contribution in [-0.4, -0.2) is 62.0 Å². The molecule has 0 aromatic heterocycles. The van der Waals surface area contributed by atoms with Crippen LogP contribution in [0.15, 0.2) is 0 Å². The standard InChI is InChI=1S/C18H33N3OS/c1-17(2)11-15-12-18(3,13-17)14-21(15)16(23)19-5-4-6-20-7-9-22-10-8-20/h15H,4-14H2,1-3H3,(H,19,23)/p+1/t15-,18-/m0/s1. The van der Waals surface area contributed by atoms with Crippen LogP contribution in [0.3, 0.4) is 0 Å². The van der Waals surface area contributed by atoms with E-state index in [4.69, 9.17) is 17.0 Å². The summed E-state index contributed by atoms with van der Waals surface area (Å²) in [4.78, 5) is 4.17. The van der Waals surface area contributed by atoms with E-state index in [0.29, 0.717) is 16.9 Å². The zero-order chi connectivity index (χ0) is 16.5. The third-order valence-corrected chi connectivity index (χ3v) is 6.24. The Hall–Kier alpha value is -0.390. The van der Waals surface area contributed by atoms with E-state index in [0.717, 1.165) is 44.5 Å². The van der Waals surface area contributed by atoms with E-state index in [-0.39, 0.29) is 0 Å². The number of nitrogens with one attached hydrogen (secondary N) is 2. The summed E-state index contributed by atoms with van der Waals surface area (Å²) >= 11 is 5.72. The highest BCUT2D eigenvalue weighted by Gasteiger charge is 2.50. The molecule has 0 aromatic rings. The van der Waals surface area contributed by atoms with E-state index in [9.17, 15) is 0 Å². The van der Waals surface area contributed by atoms with Gasteiger partial charge in [-0.1, -0.05) is 20.8 Å². The molecular formula is C18H34N3OS+. The maximum atomic E-state index is 5.72. The van der Waals surface area contributed by atoms with Crippen LogP contribution in [0.2, 0.25) is 0 Å². The number of hydrogen-bond acceptors (Lipinski definition) is 2. The SMILES string of the molecule is CC1(C)C[C@H]2C[C@](C)(CN2C(=S)NCCC[NH+]2CCOCC2)C1. The van der Waals surface area contributed by atoms with Crippen LogP contribution in [-0.2, 0) is 4.74 Å². The summed E-state index contributed by atoms with van der Waals surface area (Å²) in [5, 5.41) is 4.53. The average molecular weight is 341 g/mol. The number of fused-ring (bicyclic) bond motifs is 2. The molecule has 5 heteroatoms. The smallest absolute Gasteiger partial charge is 0.169 e. The number of hydrogen-bond donors (Lipinski definition) is 2. The second kappa shape index (κ2) is 6.85. The van der Waals surface area contributed by atoms with E-state index in [1.165, 1.54) is 32.2 Å². The highest BCUT2D eigenvalue weighted by molar-refractivity contribution is 7.80. The van der Waals surface area contributed by atoms with Crippen molar-refractivity contribution in [3.05, 3.63) is 0 Å². The Morgan fingerprint density at radius 2 is 2.00 bits per heavy atom. The fourth-order valence-electron chi connectivity index (χ4n) is 5.24. The van der Waals surface area contributed by atoms with Crippen molar-refractivity contribution in [2.75, 3.05) is 45.9 Å². The van der Waals surface area contributed by atoms with E-state index in [1.807, 2.05) is 0 Å². The minimum atomic E-state index is 0.454. The van der Waals surface area contributed by atoms with Crippen LogP contribution in [0.25, 0.3) is 0 Å². The summed E-state index contributed by atoms with van der Waals surface area (Å²) in [7, 11) is 0. The first-order valence-electron chi connectivity index (χ1n) is 9.33. The summed E-state index contributed by atoms with van der Waals surface area (Å²) in [5.74, 6) is 0. The molecule has 2 saturated heterocycles. The van der Waals surface area contributed by atoms with Gasteiger partial charge in [-0.05, 0) is 42.3 Å².